The molecule has 86 valence electrons. The van der Waals surface area contributed by atoms with E-state index in [1.165, 1.54) is 0 Å². The van der Waals surface area contributed by atoms with Crippen molar-refractivity contribution < 1.29 is 4.74 Å². The minimum atomic E-state index is 0.465. The van der Waals surface area contributed by atoms with Gasteiger partial charge in [-0.25, -0.2) is 0 Å². The molecule has 2 aromatic rings. The molecule has 1 aromatic carbocycles. The highest BCUT2D eigenvalue weighted by Crippen LogP contribution is 2.31. The lowest BCUT2D eigenvalue weighted by Gasteiger charge is -2.10. The zero-order valence-electron chi connectivity index (χ0n) is 9.77. The van der Waals surface area contributed by atoms with E-state index in [0.29, 0.717) is 17.3 Å². The Bertz CT molecular complexity index is 593. The minimum Gasteiger partial charge on any atom is -0.438 e. The number of ether oxygens (including phenoxy) is 1. The summed E-state index contributed by atoms with van der Waals surface area (Å²) in [5.41, 5.74) is 7.78. The molecule has 0 bridgehead atoms. The lowest BCUT2D eigenvalue weighted by atomic mass is 10.2. The molecule has 0 atom stereocenters. The molecule has 0 unspecified atom stereocenters. The number of nitrogen functional groups attached to an aromatic ring is 1. The van der Waals surface area contributed by atoms with Gasteiger partial charge < -0.3 is 15.0 Å². The Morgan fingerprint density at radius 2 is 2.06 bits per heavy atom. The van der Waals surface area contributed by atoms with Crippen molar-refractivity contribution in [2.24, 2.45) is 7.05 Å². The van der Waals surface area contributed by atoms with Gasteiger partial charge in [0, 0.05) is 13.1 Å². The first-order chi connectivity index (χ1) is 8.13. The number of nitriles is 1. The number of nitrogens with two attached hydrogens (primary N) is 1. The summed E-state index contributed by atoms with van der Waals surface area (Å²) in [6.07, 6.45) is 0. The van der Waals surface area contributed by atoms with E-state index in [2.05, 4.69) is 6.07 Å². The van der Waals surface area contributed by atoms with Crippen LogP contribution in [-0.2, 0) is 7.05 Å². The topological polar surface area (TPSA) is 64.0 Å². The standard InChI is InChI=1S/C13H13N3O/c1-9-5-3-4-6-12(9)17-13-11(15)7-10(8-14)16(13)2/h3-7H,15H2,1-2H3. The highest BCUT2D eigenvalue weighted by Gasteiger charge is 2.12. The van der Waals surface area contributed by atoms with Crippen molar-refractivity contribution in [1.82, 2.24) is 4.57 Å². The lowest BCUT2D eigenvalue weighted by molar-refractivity contribution is 0.441. The Hall–Kier alpha value is -2.41. The van der Waals surface area contributed by atoms with E-state index in [9.17, 15) is 0 Å². The second-order valence-electron chi connectivity index (χ2n) is 3.83. The van der Waals surface area contributed by atoms with Crippen LogP contribution < -0.4 is 10.5 Å². The fourth-order valence-corrected chi connectivity index (χ4v) is 1.62. The van der Waals surface area contributed by atoms with Crippen LogP contribution >= 0.6 is 0 Å². The van der Waals surface area contributed by atoms with Crippen LogP contribution in [0.3, 0.4) is 0 Å². The van der Waals surface area contributed by atoms with E-state index in [1.807, 2.05) is 31.2 Å². The van der Waals surface area contributed by atoms with Crippen LogP contribution in [0.4, 0.5) is 5.69 Å². The molecule has 0 saturated carbocycles. The minimum absolute atomic E-state index is 0.465. The number of hydrogen-bond acceptors (Lipinski definition) is 3. The smallest absolute Gasteiger partial charge is 0.224 e. The van der Waals surface area contributed by atoms with Crippen molar-refractivity contribution in [3.63, 3.8) is 0 Å². The van der Waals surface area contributed by atoms with Crippen molar-refractivity contribution in [2.75, 3.05) is 5.73 Å². The maximum absolute atomic E-state index is 8.89. The van der Waals surface area contributed by atoms with Crippen LogP contribution in [0, 0.1) is 18.3 Å². The van der Waals surface area contributed by atoms with E-state index >= 15 is 0 Å². The number of aryl methyl sites for hydroxylation is 1. The summed E-state index contributed by atoms with van der Waals surface area (Å²) in [4.78, 5) is 0. The average molecular weight is 227 g/mol. The molecule has 0 saturated heterocycles. The van der Waals surface area contributed by atoms with E-state index in [4.69, 9.17) is 15.7 Å². The quantitative estimate of drug-likeness (QED) is 0.857. The molecule has 2 N–H and O–H groups in total. The van der Waals surface area contributed by atoms with Gasteiger partial charge in [-0.2, -0.15) is 5.26 Å². The van der Waals surface area contributed by atoms with E-state index in [1.54, 1.807) is 17.7 Å². The third-order valence-electron chi connectivity index (χ3n) is 2.62. The predicted octanol–water partition coefficient (Wildman–Crippen LogP) is 2.58. The van der Waals surface area contributed by atoms with Crippen LogP contribution in [0.15, 0.2) is 30.3 Å². The van der Waals surface area contributed by atoms with Gasteiger partial charge in [-0.3, -0.25) is 0 Å². The molecule has 17 heavy (non-hydrogen) atoms. The molecule has 0 aliphatic rings. The Kier molecular flexibility index (Phi) is 2.75. The highest BCUT2D eigenvalue weighted by atomic mass is 16.5. The maximum Gasteiger partial charge on any atom is 0.224 e. The van der Waals surface area contributed by atoms with Crippen molar-refractivity contribution in [2.45, 2.75) is 6.92 Å². The van der Waals surface area contributed by atoms with E-state index in [-0.39, 0.29) is 0 Å². The van der Waals surface area contributed by atoms with Gasteiger partial charge in [0.1, 0.15) is 17.5 Å². The van der Waals surface area contributed by atoms with Gasteiger partial charge in [0.25, 0.3) is 0 Å². The summed E-state index contributed by atoms with van der Waals surface area (Å²) < 4.78 is 7.38. The van der Waals surface area contributed by atoms with Crippen LogP contribution in [-0.4, -0.2) is 4.57 Å². The zero-order valence-corrected chi connectivity index (χ0v) is 9.77. The maximum atomic E-state index is 8.89. The molecule has 0 aliphatic heterocycles. The molecule has 1 heterocycles. The number of rotatable bonds is 2. The Morgan fingerprint density at radius 3 is 2.65 bits per heavy atom. The first-order valence-corrected chi connectivity index (χ1v) is 5.22. The van der Waals surface area contributed by atoms with E-state index in [0.717, 1.165) is 11.3 Å². The van der Waals surface area contributed by atoms with Gasteiger partial charge in [0.05, 0.1) is 5.69 Å². The second-order valence-corrected chi connectivity index (χ2v) is 3.83. The summed E-state index contributed by atoms with van der Waals surface area (Å²) in [7, 11) is 1.75. The van der Waals surface area contributed by atoms with Crippen molar-refractivity contribution in [3.05, 3.63) is 41.6 Å². The van der Waals surface area contributed by atoms with Gasteiger partial charge in [0.15, 0.2) is 0 Å². The lowest BCUT2D eigenvalue weighted by Crippen LogP contribution is -1.98. The molecular formula is C13H13N3O. The Labute approximate surface area is 99.8 Å². The molecular weight excluding hydrogens is 214 g/mol. The molecule has 2 rings (SSSR count). The van der Waals surface area contributed by atoms with Crippen molar-refractivity contribution in [3.8, 4) is 17.7 Å². The molecule has 1 aromatic heterocycles. The fraction of sp³-hybridized carbons (Fsp3) is 0.154. The molecule has 0 aliphatic carbocycles. The third-order valence-corrected chi connectivity index (χ3v) is 2.62. The number of benzene rings is 1. The first-order valence-electron chi connectivity index (χ1n) is 5.22. The summed E-state index contributed by atoms with van der Waals surface area (Å²) in [5.74, 6) is 1.24. The Morgan fingerprint density at radius 1 is 1.35 bits per heavy atom. The summed E-state index contributed by atoms with van der Waals surface area (Å²) in [5, 5.41) is 8.89. The monoisotopic (exact) mass is 227 g/mol. The molecule has 0 spiro atoms. The predicted molar refractivity (Wildman–Crippen MR) is 65.8 cm³/mol. The second kappa shape index (κ2) is 4.22. The third kappa shape index (κ3) is 1.95. The molecule has 0 amide bonds. The summed E-state index contributed by atoms with van der Waals surface area (Å²) in [6, 6.07) is 11.3. The molecule has 0 fully saturated rings. The zero-order chi connectivity index (χ0) is 12.4. The highest BCUT2D eigenvalue weighted by molar-refractivity contribution is 5.56. The number of anilines is 1. The van der Waals surface area contributed by atoms with Gasteiger partial charge >= 0.3 is 0 Å². The van der Waals surface area contributed by atoms with Crippen LogP contribution in [0.1, 0.15) is 11.3 Å². The SMILES string of the molecule is Cc1ccccc1Oc1c(N)cc(C#N)n1C. The number of hydrogen-bond donors (Lipinski definition) is 1. The van der Waals surface area contributed by atoms with E-state index < -0.39 is 0 Å². The van der Waals surface area contributed by atoms with Gasteiger partial charge in [0.2, 0.25) is 5.88 Å². The molecule has 4 heteroatoms. The first kappa shape index (κ1) is 11.1. The summed E-state index contributed by atoms with van der Waals surface area (Å²) in [6.45, 7) is 1.96. The van der Waals surface area contributed by atoms with Crippen LogP contribution in [0.25, 0.3) is 0 Å². The van der Waals surface area contributed by atoms with Crippen LogP contribution in [0.2, 0.25) is 0 Å². The van der Waals surface area contributed by atoms with Crippen molar-refractivity contribution >= 4 is 5.69 Å². The number of aromatic nitrogens is 1. The van der Waals surface area contributed by atoms with Gasteiger partial charge in [-0.05, 0) is 18.6 Å². The molecule has 0 radical (unpaired) electrons. The fourth-order valence-electron chi connectivity index (χ4n) is 1.62. The van der Waals surface area contributed by atoms with Gasteiger partial charge in [-0.15, -0.1) is 0 Å². The average Bonchev–Trinajstić information content (AvgIpc) is 2.59. The Balaban J connectivity index is 2.41. The number of para-hydroxylation sites is 1. The number of nitrogens with zero attached hydrogens (tertiary/aromatic N) is 2. The summed E-state index contributed by atoms with van der Waals surface area (Å²) >= 11 is 0. The largest absolute Gasteiger partial charge is 0.438 e. The van der Waals surface area contributed by atoms with Crippen LogP contribution in [0.5, 0.6) is 11.6 Å². The van der Waals surface area contributed by atoms with Crippen molar-refractivity contribution in [1.29, 1.82) is 5.26 Å². The van der Waals surface area contributed by atoms with Gasteiger partial charge in [-0.1, -0.05) is 18.2 Å². The molecule has 4 nitrogen and oxygen atoms in total. The normalized spacial score (nSPS) is 9.94.